The number of carbonyl (C=O) groups excluding carboxylic acids is 3. The smallest absolute Gasteiger partial charge is 0.243 e. The summed E-state index contributed by atoms with van der Waals surface area (Å²) in [6.45, 7) is 2.77. The molecule has 0 fully saturated rings. The molecule has 0 aliphatic carbocycles. The maximum Gasteiger partial charge on any atom is 0.243 e. The van der Waals surface area contributed by atoms with Gasteiger partial charge in [0.1, 0.15) is 12.1 Å². The lowest BCUT2D eigenvalue weighted by Gasteiger charge is -2.22. The van der Waals surface area contributed by atoms with Crippen LogP contribution in [0.2, 0.25) is 0 Å². The molecule has 0 saturated heterocycles. The third-order valence-electron chi connectivity index (χ3n) is 7.05. The number of carbonyl (C=O) groups is 3. The number of unbranched alkanes of at least 4 members (excludes halogenated alkanes) is 13. The first kappa shape index (κ1) is 33.6. The van der Waals surface area contributed by atoms with Crippen molar-refractivity contribution >= 4 is 17.7 Å². The number of nitrogens with one attached hydrogen (secondary N) is 2. The second kappa shape index (κ2) is 22.6. The van der Waals surface area contributed by atoms with Gasteiger partial charge in [0.15, 0.2) is 0 Å². The molecule has 3 amide bonds. The van der Waals surface area contributed by atoms with Crippen LogP contribution in [-0.2, 0) is 20.8 Å². The average Bonchev–Trinajstić information content (AvgIpc) is 2.91. The zero-order chi connectivity index (χ0) is 27.8. The normalized spacial score (nSPS) is 12.6. The molecule has 0 heterocycles. The molecule has 6 N–H and O–H groups in total. The van der Waals surface area contributed by atoms with Gasteiger partial charge in [-0.3, -0.25) is 14.4 Å². The van der Waals surface area contributed by atoms with Crippen LogP contribution in [0, 0.1) is 0 Å². The number of amides is 3. The zero-order valence-electron chi connectivity index (χ0n) is 23.9. The highest BCUT2D eigenvalue weighted by atomic mass is 16.2. The quantitative estimate of drug-likeness (QED) is 0.135. The van der Waals surface area contributed by atoms with E-state index in [9.17, 15) is 14.4 Å². The fraction of sp³-hybridized carbons (Fsp3) is 0.710. The van der Waals surface area contributed by atoms with E-state index in [4.69, 9.17) is 11.5 Å². The van der Waals surface area contributed by atoms with Gasteiger partial charge in [0.2, 0.25) is 17.7 Å². The maximum absolute atomic E-state index is 13.1. The van der Waals surface area contributed by atoms with Crippen molar-refractivity contribution in [2.45, 2.75) is 135 Å². The van der Waals surface area contributed by atoms with E-state index in [0.717, 1.165) is 31.2 Å². The van der Waals surface area contributed by atoms with E-state index in [1.165, 1.54) is 64.2 Å². The van der Waals surface area contributed by atoms with Crippen molar-refractivity contribution < 1.29 is 14.4 Å². The number of benzene rings is 1. The van der Waals surface area contributed by atoms with Gasteiger partial charge >= 0.3 is 0 Å². The molecule has 1 aromatic rings. The SMILES string of the molecule is CCCCCCCCCCCCCCCC(=O)N[C@@H](Cc1ccccc1)C(=O)N[C@@H](CCCCN)C(N)=O. The third-order valence-corrected chi connectivity index (χ3v) is 7.05. The standard InChI is InChI=1S/C31H54N4O3/c1-2-3-4-5-6-7-8-9-10-11-12-13-17-23-29(36)34-28(25-26-20-15-14-16-21-26)31(38)35-27(30(33)37)22-18-19-24-32/h14-16,20-21,27-28H,2-13,17-19,22-25,32H2,1H3,(H2,33,37)(H,34,36)(H,35,38)/t27-,28-/m0/s1. The first-order valence-electron chi connectivity index (χ1n) is 15.1. The van der Waals surface area contributed by atoms with Crippen molar-refractivity contribution in [1.29, 1.82) is 0 Å². The molecule has 0 saturated carbocycles. The van der Waals surface area contributed by atoms with E-state index in [0.29, 0.717) is 32.2 Å². The van der Waals surface area contributed by atoms with Gasteiger partial charge in [-0.15, -0.1) is 0 Å². The number of hydrogen-bond donors (Lipinski definition) is 4. The lowest BCUT2D eigenvalue weighted by molar-refractivity contribution is -0.131. The zero-order valence-corrected chi connectivity index (χ0v) is 23.9. The van der Waals surface area contributed by atoms with Gasteiger partial charge in [-0.25, -0.2) is 0 Å². The van der Waals surface area contributed by atoms with Crippen molar-refractivity contribution in [2.24, 2.45) is 11.5 Å². The molecule has 0 radical (unpaired) electrons. The van der Waals surface area contributed by atoms with Crippen LogP contribution in [0.3, 0.4) is 0 Å². The summed E-state index contributed by atoms with van der Waals surface area (Å²) in [5.41, 5.74) is 12.0. The number of hydrogen-bond acceptors (Lipinski definition) is 4. The summed E-state index contributed by atoms with van der Waals surface area (Å²) in [6, 6.07) is 8.02. The van der Waals surface area contributed by atoms with Crippen LogP contribution in [0.1, 0.15) is 122 Å². The molecule has 38 heavy (non-hydrogen) atoms. The van der Waals surface area contributed by atoms with E-state index in [2.05, 4.69) is 17.6 Å². The molecular weight excluding hydrogens is 476 g/mol. The molecule has 7 heteroatoms. The Morgan fingerprint density at radius 2 is 1.26 bits per heavy atom. The van der Waals surface area contributed by atoms with E-state index in [1.54, 1.807) is 0 Å². The molecule has 1 rings (SSSR count). The van der Waals surface area contributed by atoms with Crippen LogP contribution in [0.5, 0.6) is 0 Å². The molecule has 0 aliphatic heterocycles. The Labute approximate surface area is 231 Å². The molecule has 1 aromatic carbocycles. The second-order valence-corrected chi connectivity index (χ2v) is 10.6. The third kappa shape index (κ3) is 17.2. The maximum atomic E-state index is 13.1. The van der Waals surface area contributed by atoms with Crippen LogP contribution in [0.25, 0.3) is 0 Å². The Morgan fingerprint density at radius 1 is 0.711 bits per heavy atom. The van der Waals surface area contributed by atoms with Gasteiger partial charge in [-0.2, -0.15) is 0 Å². The molecule has 0 unspecified atom stereocenters. The van der Waals surface area contributed by atoms with Crippen LogP contribution in [-0.4, -0.2) is 36.3 Å². The Balaban J connectivity index is 2.38. The molecular formula is C31H54N4O3. The molecule has 0 bridgehead atoms. The monoisotopic (exact) mass is 530 g/mol. The first-order chi connectivity index (χ1) is 18.5. The summed E-state index contributed by atoms with van der Waals surface area (Å²) in [4.78, 5) is 37.6. The minimum absolute atomic E-state index is 0.136. The van der Waals surface area contributed by atoms with E-state index < -0.39 is 18.0 Å². The first-order valence-corrected chi connectivity index (χ1v) is 15.1. The highest BCUT2D eigenvalue weighted by molar-refractivity contribution is 5.91. The predicted molar refractivity (Wildman–Crippen MR) is 156 cm³/mol. The van der Waals surface area contributed by atoms with Gasteiger partial charge in [0, 0.05) is 12.8 Å². The summed E-state index contributed by atoms with van der Waals surface area (Å²) in [5.74, 6) is -1.10. The minimum Gasteiger partial charge on any atom is -0.368 e. The minimum atomic E-state index is -0.773. The Bertz CT molecular complexity index is 757. The van der Waals surface area contributed by atoms with E-state index in [1.807, 2.05) is 30.3 Å². The average molecular weight is 531 g/mol. The summed E-state index contributed by atoms with van der Waals surface area (Å²) in [6.07, 6.45) is 18.9. The van der Waals surface area contributed by atoms with Gasteiger partial charge in [-0.1, -0.05) is 114 Å². The van der Waals surface area contributed by atoms with Gasteiger partial charge in [0.05, 0.1) is 0 Å². The summed E-state index contributed by atoms with van der Waals surface area (Å²) >= 11 is 0. The molecule has 216 valence electrons. The molecule has 2 atom stereocenters. The van der Waals surface area contributed by atoms with Gasteiger partial charge in [-0.05, 0) is 37.8 Å². The Hall–Kier alpha value is -2.41. The van der Waals surface area contributed by atoms with Crippen LogP contribution in [0.4, 0.5) is 0 Å². The fourth-order valence-corrected chi connectivity index (χ4v) is 4.68. The van der Waals surface area contributed by atoms with Gasteiger partial charge in [0.25, 0.3) is 0 Å². The number of primary amides is 1. The lowest BCUT2D eigenvalue weighted by Crippen LogP contribution is -2.53. The van der Waals surface area contributed by atoms with E-state index >= 15 is 0 Å². The lowest BCUT2D eigenvalue weighted by atomic mass is 10.0. The van der Waals surface area contributed by atoms with Crippen molar-refractivity contribution in [3.63, 3.8) is 0 Å². The fourth-order valence-electron chi connectivity index (χ4n) is 4.68. The largest absolute Gasteiger partial charge is 0.368 e. The molecule has 7 nitrogen and oxygen atoms in total. The number of nitrogens with two attached hydrogens (primary N) is 2. The highest BCUT2D eigenvalue weighted by Crippen LogP contribution is 2.13. The van der Waals surface area contributed by atoms with Crippen LogP contribution >= 0.6 is 0 Å². The van der Waals surface area contributed by atoms with Crippen LogP contribution < -0.4 is 22.1 Å². The second-order valence-electron chi connectivity index (χ2n) is 10.6. The number of rotatable bonds is 24. The summed E-state index contributed by atoms with van der Waals surface area (Å²) in [7, 11) is 0. The van der Waals surface area contributed by atoms with Crippen molar-refractivity contribution in [1.82, 2.24) is 10.6 Å². The summed E-state index contributed by atoms with van der Waals surface area (Å²) in [5, 5.41) is 5.65. The van der Waals surface area contributed by atoms with E-state index in [-0.39, 0.29) is 11.8 Å². The Kier molecular flexibility index (Phi) is 20.0. The van der Waals surface area contributed by atoms with Crippen molar-refractivity contribution in [2.75, 3.05) is 6.54 Å². The Morgan fingerprint density at radius 3 is 1.79 bits per heavy atom. The molecule has 0 aliphatic rings. The van der Waals surface area contributed by atoms with Gasteiger partial charge < -0.3 is 22.1 Å². The highest BCUT2D eigenvalue weighted by Gasteiger charge is 2.25. The topological polar surface area (TPSA) is 127 Å². The van der Waals surface area contributed by atoms with Crippen LogP contribution in [0.15, 0.2) is 30.3 Å². The predicted octanol–water partition coefficient (Wildman–Crippen LogP) is 5.29. The summed E-state index contributed by atoms with van der Waals surface area (Å²) < 4.78 is 0. The molecule has 0 aromatic heterocycles. The van der Waals surface area contributed by atoms with Crippen molar-refractivity contribution in [3.05, 3.63) is 35.9 Å². The van der Waals surface area contributed by atoms with Crippen molar-refractivity contribution in [3.8, 4) is 0 Å². The molecule has 0 spiro atoms.